The minimum atomic E-state index is -0.566. The van der Waals surface area contributed by atoms with Gasteiger partial charge in [-0.3, -0.25) is 4.79 Å². The van der Waals surface area contributed by atoms with Crippen molar-refractivity contribution < 1.29 is 18.7 Å². The van der Waals surface area contributed by atoms with Gasteiger partial charge in [0, 0.05) is 24.0 Å². The summed E-state index contributed by atoms with van der Waals surface area (Å²) in [5.41, 5.74) is 0.899. The molecule has 0 radical (unpaired) electrons. The lowest BCUT2D eigenvalue weighted by Crippen LogP contribution is -2.45. The van der Waals surface area contributed by atoms with Crippen LogP contribution in [0.15, 0.2) is 29.6 Å². The van der Waals surface area contributed by atoms with E-state index < -0.39 is 11.7 Å². The smallest absolute Gasteiger partial charge is 0.410 e. The largest absolute Gasteiger partial charge is 0.444 e. The van der Waals surface area contributed by atoms with E-state index in [1.165, 1.54) is 23.5 Å². The molecule has 2 aromatic rings. The second-order valence-electron chi connectivity index (χ2n) is 7.80. The van der Waals surface area contributed by atoms with Crippen molar-refractivity contribution in [3.8, 4) is 11.3 Å². The highest BCUT2D eigenvalue weighted by Crippen LogP contribution is 2.26. The molecule has 0 aliphatic carbocycles. The fourth-order valence-electron chi connectivity index (χ4n) is 2.98. The molecular formula is C20H24FN3O3S. The van der Waals surface area contributed by atoms with Gasteiger partial charge in [-0.1, -0.05) is 0 Å². The predicted molar refractivity (Wildman–Crippen MR) is 107 cm³/mol. The van der Waals surface area contributed by atoms with Crippen LogP contribution >= 0.6 is 11.3 Å². The second-order valence-corrected chi connectivity index (χ2v) is 8.66. The number of carbonyl (C=O) groups excluding carboxylic acids is 2. The number of rotatable bonds is 3. The summed E-state index contributed by atoms with van der Waals surface area (Å²) < 4.78 is 18.5. The number of aromatic nitrogens is 1. The van der Waals surface area contributed by atoms with Gasteiger partial charge in [0.05, 0.1) is 11.6 Å². The van der Waals surface area contributed by atoms with Crippen LogP contribution in [0.1, 0.15) is 33.6 Å². The topological polar surface area (TPSA) is 71.5 Å². The number of anilines is 1. The van der Waals surface area contributed by atoms with E-state index in [2.05, 4.69) is 10.3 Å². The number of hydrogen-bond donors (Lipinski definition) is 1. The monoisotopic (exact) mass is 405 g/mol. The number of benzene rings is 1. The fourth-order valence-corrected chi connectivity index (χ4v) is 3.70. The average molecular weight is 405 g/mol. The third-order valence-corrected chi connectivity index (χ3v) is 5.08. The van der Waals surface area contributed by atoms with Gasteiger partial charge in [-0.25, -0.2) is 14.2 Å². The Labute approximate surface area is 167 Å². The Balaban J connectivity index is 1.60. The maximum absolute atomic E-state index is 13.1. The zero-order chi connectivity index (χ0) is 20.3. The molecule has 2 amide bonds. The third-order valence-electron chi connectivity index (χ3n) is 4.32. The average Bonchev–Trinajstić information content (AvgIpc) is 3.09. The number of piperidine rings is 1. The van der Waals surface area contributed by atoms with Crippen LogP contribution in [-0.4, -0.2) is 40.6 Å². The first-order valence-electron chi connectivity index (χ1n) is 9.21. The Morgan fingerprint density at radius 2 is 2.00 bits per heavy atom. The van der Waals surface area contributed by atoms with Gasteiger partial charge in [0.1, 0.15) is 11.4 Å². The Hall–Kier alpha value is -2.48. The van der Waals surface area contributed by atoms with Crippen LogP contribution in [0.3, 0.4) is 0 Å². The molecule has 1 fully saturated rings. The normalized spacial score (nSPS) is 17.3. The van der Waals surface area contributed by atoms with Crippen LogP contribution in [-0.2, 0) is 9.53 Å². The molecule has 1 atom stereocenters. The highest BCUT2D eigenvalue weighted by molar-refractivity contribution is 7.14. The van der Waals surface area contributed by atoms with Crippen molar-refractivity contribution in [1.82, 2.24) is 9.88 Å². The van der Waals surface area contributed by atoms with Crippen LogP contribution < -0.4 is 5.32 Å². The molecule has 0 spiro atoms. The van der Waals surface area contributed by atoms with E-state index in [0.717, 1.165) is 12.0 Å². The Kier molecular flexibility index (Phi) is 5.98. The Morgan fingerprint density at radius 1 is 1.29 bits per heavy atom. The summed E-state index contributed by atoms with van der Waals surface area (Å²) in [6.45, 7) is 6.38. The molecule has 1 aliphatic heterocycles. The number of nitrogens with zero attached hydrogens (tertiary/aromatic N) is 2. The Bertz CT molecular complexity index is 845. The highest BCUT2D eigenvalue weighted by atomic mass is 32.1. The lowest BCUT2D eigenvalue weighted by atomic mass is 9.97. The van der Waals surface area contributed by atoms with Crippen LogP contribution in [0.25, 0.3) is 11.3 Å². The molecule has 6 nitrogen and oxygen atoms in total. The molecule has 150 valence electrons. The van der Waals surface area contributed by atoms with Gasteiger partial charge in [0.2, 0.25) is 5.91 Å². The standard InChI is InChI=1S/C20H24FN3O3S/c1-20(2,3)27-19(26)24-10-4-5-14(11-24)17(25)23-18-22-16(12-28-18)13-6-8-15(21)9-7-13/h6-9,12,14H,4-5,10-11H2,1-3H3,(H,22,23,25). The molecule has 1 aliphatic rings. The first-order chi connectivity index (χ1) is 13.2. The summed E-state index contributed by atoms with van der Waals surface area (Å²) in [5.74, 6) is -0.771. The number of hydrogen-bond acceptors (Lipinski definition) is 5. The lowest BCUT2D eigenvalue weighted by molar-refractivity contribution is -0.121. The first-order valence-corrected chi connectivity index (χ1v) is 10.1. The molecule has 0 saturated carbocycles. The van der Waals surface area contributed by atoms with Crippen molar-refractivity contribution in [3.05, 3.63) is 35.5 Å². The lowest BCUT2D eigenvalue weighted by Gasteiger charge is -2.33. The second kappa shape index (κ2) is 8.26. The number of amides is 2. The van der Waals surface area contributed by atoms with Crippen molar-refractivity contribution in [2.24, 2.45) is 5.92 Å². The van der Waals surface area contributed by atoms with Gasteiger partial charge in [-0.15, -0.1) is 11.3 Å². The quantitative estimate of drug-likeness (QED) is 0.814. The van der Waals surface area contributed by atoms with Crippen LogP contribution in [0, 0.1) is 11.7 Å². The molecule has 1 N–H and O–H groups in total. The minimum Gasteiger partial charge on any atom is -0.444 e. The Morgan fingerprint density at radius 3 is 2.68 bits per heavy atom. The first kappa shape index (κ1) is 20.3. The third kappa shape index (κ3) is 5.28. The van der Waals surface area contributed by atoms with Gasteiger partial charge in [-0.2, -0.15) is 0 Å². The number of nitrogens with one attached hydrogen (secondary N) is 1. The molecule has 1 saturated heterocycles. The van der Waals surface area contributed by atoms with E-state index in [9.17, 15) is 14.0 Å². The van der Waals surface area contributed by atoms with E-state index in [4.69, 9.17) is 4.74 Å². The molecule has 0 bridgehead atoms. The molecule has 3 rings (SSSR count). The zero-order valence-electron chi connectivity index (χ0n) is 16.2. The van der Waals surface area contributed by atoms with Crippen molar-refractivity contribution in [1.29, 1.82) is 0 Å². The summed E-state index contributed by atoms with van der Waals surface area (Å²) in [6.07, 6.45) is 1.06. The summed E-state index contributed by atoms with van der Waals surface area (Å²) in [6, 6.07) is 6.05. The highest BCUT2D eigenvalue weighted by Gasteiger charge is 2.31. The molecule has 2 heterocycles. The van der Waals surface area contributed by atoms with Gasteiger partial charge < -0.3 is 15.0 Å². The van der Waals surface area contributed by atoms with Gasteiger partial charge in [0.25, 0.3) is 0 Å². The molecule has 1 aromatic carbocycles. The van der Waals surface area contributed by atoms with Gasteiger partial charge in [-0.05, 0) is 57.9 Å². The number of carbonyl (C=O) groups is 2. The van der Waals surface area contributed by atoms with Crippen molar-refractivity contribution in [2.75, 3.05) is 18.4 Å². The predicted octanol–water partition coefficient (Wildman–Crippen LogP) is 4.53. The summed E-state index contributed by atoms with van der Waals surface area (Å²) in [5, 5.41) is 5.14. The molecule has 1 unspecified atom stereocenters. The van der Waals surface area contributed by atoms with Crippen molar-refractivity contribution in [2.45, 2.75) is 39.2 Å². The van der Waals surface area contributed by atoms with Gasteiger partial charge >= 0.3 is 6.09 Å². The van der Waals surface area contributed by atoms with Crippen LogP contribution in [0.4, 0.5) is 14.3 Å². The SMILES string of the molecule is CC(C)(C)OC(=O)N1CCCC(C(=O)Nc2nc(-c3ccc(F)cc3)cs2)C1. The molecule has 28 heavy (non-hydrogen) atoms. The molecule has 1 aromatic heterocycles. The van der Waals surface area contributed by atoms with Crippen molar-refractivity contribution in [3.63, 3.8) is 0 Å². The van der Waals surface area contributed by atoms with Crippen LogP contribution in [0.5, 0.6) is 0 Å². The zero-order valence-corrected chi connectivity index (χ0v) is 17.0. The fraction of sp³-hybridized carbons (Fsp3) is 0.450. The number of ether oxygens (including phenoxy) is 1. The van der Waals surface area contributed by atoms with Crippen LogP contribution in [0.2, 0.25) is 0 Å². The van der Waals surface area contributed by atoms with Crippen molar-refractivity contribution >= 4 is 28.5 Å². The van der Waals surface area contributed by atoms with E-state index in [-0.39, 0.29) is 17.6 Å². The van der Waals surface area contributed by atoms with E-state index in [0.29, 0.717) is 30.3 Å². The summed E-state index contributed by atoms with van der Waals surface area (Å²) in [4.78, 5) is 30.9. The maximum atomic E-state index is 13.1. The minimum absolute atomic E-state index is 0.159. The molecular weight excluding hydrogens is 381 g/mol. The maximum Gasteiger partial charge on any atom is 0.410 e. The number of likely N-dealkylation sites (tertiary alicyclic amines) is 1. The number of halogens is 1. The number of thiazole rings is 1. The summed E-state index contributed by atoms with van der Waals surface area (Å²) in [7, 11) is 0. The van der Waals surface area contributed by atoms with E-state index in [1.807, 2.05) is 26.2 Å². The van der Waals surface area contributed by atoms with E-state index in [1.54, 1.807) is 17.0 Å². The summed E-state index contributed by atoms with van der Waals surface area (Å²) >= 11 is 1.31. The van der Waals surface area contributed by atoms with E-state index >= 15 is 0 Å². The molecule has 8 heteroatoms. The van der Waals surface area contributed by atoms with Gasteiger partial charge in [0.15, 0.2) is 5.13 Å².